The highest BCUT2D eigenvalue weighted by Gasteiger charge is 2.07. The summed E-state index contributed by atoms with van der Waals surface area (Å²) < 4.78 is 0. The average molecular weight is 162 g/mol. The summed E-state index contributed by atoms with van der Waals surface area (Å²) in [5.41, 5.74) is 2.15. The third-order valence-corrected chi connectivity index (χ3v) is 1.93. The van der Waals surface area contributed by atoms with E-state index in [9.17, 15) is 0 Å². The summed E-state index contributed by atoms with van der Waals surface area (Å²) in [6.07, 6.45) is 6.38. The first-order chi connectivity index (χ1) is 5.97. The molecule has 1 aliphatic heterocycles. The highest BCUT2D eigenvalue weighted by atomic mass is 15.1. The number of nitrogens with one attached hydrogen (secondary N) is 2. The molecule has 1 aromatic rings. The molecule has 0 atom stereocenters. The lowest BCUT2D eigenvalue weighted by Gasteiger charge is -2.12. The number of hydrogen-bond acceptors (Lipinski definition) is 2. The predicted molar refractivity (Wildman–Crippen MR) is 46.0 cm³/mol. The van der Waals surface area contributed by atoms with E-state index in [1.165, 1.54) is 6.42 Å². The molecule has 0 bridgehead atoms. The number of aromatic nitrogens is 2. The molecule has 0 amide bonds. The highest BCUT2D eigenvalue weighted by molar-refractivity contribution is 5.60. The molecule has 0 saturated carbocycles. The minimum atomic E-state index is 0.997. The van der Waals surface area contributed by atoms with Crippen molar-refractivity contribution in [3.05, 3.63) is 30.1 Å². The number of aromatic amines is 1. The van der Waals surface area contributed by atoms with E-state index in [2.05, 4.69) is 21.6 Å². The van der Waals surface area contributed by atoms with E-state index in [1.807, 2.05) is 18.3 Å². The number of nitrogens with zero attached hydrogens (tertiary/aromatic N) is 1. The van der Waals surface area contributed by atoms with Crippen molar-refractivity contribution in [2.24, 2.45) is 0 Å². The molecule has 2 rings (SSSR count). The summed E-state index contributed by atoms with van der Waals surface area (Å²) in [4.78, 5) is 0. The van der Waals surface area contributed by atoms with Crippen LogP contribution in [-0.4, -0.2) is 11.6 Å². The van der Waals surface area contributed by atoms with Crippen molar-refractivity contribution < 1.29 is 5.10 Å². The molecule has 1 aromatic heterocycles. The molecule has 0 saturated heterocycles. The fourth-order valence-corrected chi connectivity index (χ4v) is 1.32. The van der Waals surface area contributed by atoms with Crippen LogP contribution in [0.1, 0.15) is 18.5 Å². The van der Waals surface area contributed by atoms with Crippen molar-refractivity contribution in [2.45, 2.75) is 12.8 Å². The maximum absolute atomic E-state index is 4.15. The SMILES string of the molecule is C1=C(c2ccc[nH+]n2)NCCC1. The largest absolute Gasteiger partial charge is 0.383 e. The number of rotatable bonds is 1. The van der Waals surface area contributed by atoms with Crippen molar-refractivity contribution in [2.75, 3.05) is 6.54 Å². The Kier molecular flexibility index (Phi) is 2.03. The zero-order valence-corrected chi connectivity index (χ0v) is 6.88. The Balaban J connectivity index is 2.24. The van der Waals surface area contributed by atoms with Gasteiger partial charge >= 0.3 is 0 Å². The van der Waals surface area contributed by atoms with Gasteiger partial charge in [-0.3, -0.25) is 0 Å². The van der Waals surface area contributed by atoms with Crippen LogP contribution in [0.5, 0.6) is 0 Å². The van der Waals surface area contributed by atoms with Gasteiger partial charge in [0.05, 0.1) is 5.70 Å². The van der Waals surface area contributed by atoms with Gasteiger partial charge in [0, 0.05) is 12.6 Å². The van der Waals surface area contributed by atoms with Gasteiger partial charge in [-0.1, -0.05) is 6.08 Å². The first kappa shape index (κ1) is 7.28. The lowest BCUT2D eigenvalue weighted by atomic mass is 10.1. The van der Waals surface area contributed by atoms with E-state index in [0.717, 1.165) is 24.4 Å². The van der Waals surface area contributed by atoms with Crippen LogP contribution in [0.3, 0.4) is 0 Å². The molecule has 62 valence electrons. The Morgan fingerprint density at radius 1 is 1.50 bits per heavy atom. The van der Waals surface area contributed by atoms with Gasteiger partial charge in [0.15, 0.2) is 11.9 Å². The summed E-state index contributed by atoms with van der Waals surface area (Å²) in [6, 6.07) is 3.96. The monoisotopic (exact) mass is 162 g/mol. The molecule has 0 fully saturated rings. The van der Waals surface area contributed by atoms with Gasteiger partial charge in [0.2, 0.25) is 0 Å². The smallest absolute Gasteiger partial charge is 0.193 e. The molecule has 0 unspecified atom stereocenters. The Hall–Kier alpha value is -1.38. The summed E-state index contributed by atoms with van der Waals surface area (Å²) >= 11 is 0. The zero-order chi connectivity index (χ0) is 8.23. The van der Waals surface area contributed by atoms with E-state index in [1.54, 1.807) is 0 Å². The van der Waals surface area contributed by atoms with Crippen molar-refractivity contribution in [3.63, 3.8) is 0 Å². The van der Waals surface area contributed by atoms with Crippen molar-refractivity contribution in [1.29, 1.82) is 0 Å². The summed E-state index contributed by atoms with van der Waals surface area (Å²) in [5, 5.41) is 10.3. The van der Waals surface area contributed by atoms with Crippen LogP contribution in [0.15, 0.2) is 24.4 Å². The number of allylic oxidation sites excluding steroid dienone is 1. The molecule has 0 spiro atoms. The van der Waals surface area contributed by atoms with Crippen LogP contribution in [0, 0.1) is 0 Å². The van der Waals surface area contributed by atoms with Crippen LogP contribution in [-0.2, 0) is 0 Å². The van der Waals surface area contributed by atoms with Gasteiger partial charge in [-0.05, 0) is 24.0 Å². The molecule has 0 aliphatic carbocycles. The van der Waals surface area contributed by atoms with E-state index < -0.39 is 0 Å². The topological polar surface area (TPSA) is 39.1 Å². The van der Waals surface area contributed by atoms with Crippen LogP contribution in [0.25, 0.3) is 5.70 Å². The fourth-order valence-electron chi connectivity index (χ4n) is 1.32. The fraction of sp³-hybridized carbons (Fsp3) is 0.333. The second-order valence-corrected chi connectivity index (χ2v) is 2.84. The van der Waals surface area contributed by atoms with Crippen LogP contribution in [0.2, 0.25) is 0 Å². The van der Waals surface area contributed by atoms with E-state index >= 15 is 0 Å². The van der Waals surface area contributed by atoms with Gasteiger partial charge in [0.25, 0.3) is 0 Å². The second kappa shape index (κ2) is 3.34. The Labute approximate surface area is 71.5 Å². The zero-order valence-electron chi connectivity index (χ0n) is 6.88. The van der Waals surface area contributed by atoms with Crippen LogP contribution < -0.4 is 10.4 Å². The van der Waals surface area contributed by atoms with Crippen molar-refractivity contribution in [1.82, 2.24) is 10.4 Å². The summed E-state index contributed by atoms with van der Waals surface area (Å²) in [7, 11) is 0. The average Bonchev–Trinajstić information content (AvgIpc) is 2.21. The molecule has 2 N–H and O–H groups in total. The van der Waals surface area contributed by atoms with Gasteiger partial charge in [-0.15, -0.1) is 5.10 Å². The normalized spacial score (nSPS) is 16.5. The Morgan fingerprint density at radius 2 is 2.50 bits per heavy atom. The number of H-pyrrole nitrogens is 1. The van der Waals surface area contributed by atoms with E-state index in [0.29, 0.717) is 0 Å². The molecule has 12 heavy (non-hydrogen) atoms. The summed E-state index contributed by atoms with van der Waals surface area (Å²) in [5.74, 6) is 0. The molecule has 3 nitrogen and oxygen atoms in total. The molecule has 1 aliphatic rings. The molecule has 2 heterocycles. The van der Waals surface area contributed by atoms with E-state index in [4.69, 9.17) is 0 Å². The minimum absolute atomic E-state index is 0.997. The van der Waals surface area contributed by atoms with E-state index in [-0.39, 0.29) is 0 Å². The van der Waals surface area contributed by atoms with Crippen LogP contribution in [0.4, 0.5) is 0 Å². The van der Waals surface area contributed by atoms with Crippen LogP contribution >= 0.6 is 0 Å². The molecular formula is C9H12N3+. The Morgan fingerprint density at radius 3 is 3.17 bits per heavy atom. The molecular weight excluding hydrogens is 150 g/mol. The third-order valence-electron chi connectivity index (χ3n) is 1.93. The second-order valence-electron chi connectivity index (χ2n) is 2.84. The minimum Gasteiger partial charge on any atom is -0.383 e. The quantitative estimate of drug-likeness (QED) is 0.657. The molecule has 0 radical (unpaired) electrons. The highest BCUT2D eigenvalue weighted by Crippen LogP contribution is 2.11. The maximum atomic E-state index is 4.15. The Bertz CT molecular complexity index is 279. The van der Waals surface area contributed by atoms with Gasteiger partial charge in [0.1, 0.15) is 0 Å². The molecule has 3 heteroatoms. The van der Waals surface area contributed by atoms with Gasteiger partial charge < -0.3 is 5.32 Å². The molecule has 0 aromatic carbocycles. The number of hydrogen-bond donors (Lipinski definition) is 1. The van der Waals surface area contributed by atoms with Crippen molar-refractivity contribution in [3.8, 4) is 0 Å². The lowest BCUT2D eigenvalue weighted by Crippen LogP contribution is -2.20. The van der Waals surface area contributed by atoms with Crippen molar-refractivity contribution >= 4 is 5.70 Å². The van der Waals surface area contributed by atoms with Gasteiger partial charge in [-0.25, -0.2) is 0 Å². The first-order valence-corrected chi connectivity index (χ1v) is 4.24. The first-order valence-electron chi connectivity index (χ1n) is 4.24. The standard InChI is InChI=1S/C9H11N3/c1-2-6-10-8(4-1)9-5-3-7-11-12-9/h3-5,7,10H,1-2,6H2/p+1. The predicted octanol–water partition coefficient (Wildman–Crippen LogP) is 0.620. The maximum Gasteiger partial charge on any atom is 0.193 e. The summed E-state index contributed by atoms with van der Waals surface area (Å²) in [6.45, 7) is 1.06. The third kappa shape index (κ3) is 1.44. The lowest BCUT2D eigenvalue weighted by molar-refractivity contribution is -0.455. The van der Waals surface area contributed by atoms with Gasteiger partial charge in [-0.2, -0.15) is 0 Å².